The van der Waals surface area contributed by atoms with Gasteiger partial charge in [-0.3, -0.25) is 0 Å². The number of nitrogens with two attached hydrogens (primary N) is 1. The van der Waals surface area contributed by atoms with Gasteiger partial charge >= 0.3 is 0 Å². The van der Waals surface area contributed by atoms with Crippen molar-refractivity contribution < 1.29 is 0 Å². The molecule has 2 aromatic rings. The van der Waals surface area contributed by atoms with Gasteiger partial charge in [-0.1, -0.05) is 18.7 Å². The number of thioether (sulfide) groups is 1. The molecule has 0 aliphatic carbocycles. The van der Waals surface area contributed by atoms with Gasteiger partial charge in [0.05, 0.1) is 0 Å². The molecular weight excluding hydrogens is 246 g/mol. The zero-order valence-corrected chi connectivity index (χ0v) is 11.2. The number of H-pyrrole nitrogens is 1. The molecule has 0 aliphatic rings. The molecule has 18 heavy (non-hydrogen) atoms. The first kappa shape index (κ1) is 12.9. The summed E-state index contributed by atoms with van der Waals surface area (Å²) in [7, 11) is 0. The van der Waals surface area contributed by atoms with E-state index in [-0.39, 0.29) is 0 Å². The lowest BCUT2D eigenvalue weighted by molar-refractivity contribution is 0.855. The lowest BCUT2D eigenvalue weighted by Crippen LogP contribution is -1.99. The Hall–Kier alpha value is -1.56. The zero-order chi connectivity index (χ0) is 12.8. The van der Waals surface area contributed by atoms with E-state index in [9.17, 15) is 0 Å². The average Bonchev–Trinajstić information content (AvgIpc) is 2.87. The van der Waals surface area contributed by atoms with Gasteiger partial charge in [-0.2, -0.15) is 0 Å². The van der Waals surface area contributed by atoms with E-state index >= 15 is 0 Å². The number of hydrogen-bond acceptors (Lipinski definition) is 5. The minimum Gasteiger partial charge on any atom is -0.384 e. The highest BCUT2D eigenvalue weighted by molar-refractivity contribution is 7.99. The van der Waals surface area contributed by atoms with Crippen molar-refractivity contribution in [1.29, 1.82) is 0 Å². The molecule has 0 spiro atoms. The molecule has 0 atom stereocenters. The SMILES string of the molecule is CCc1cc(N)nc(SCCCc2ncc[nH]2)n1. The second kappa shape index (κ2) is 6.39. The van der Waals surface area contributed by atoms with Crippen LogP contribution in [-0.4, -0.2) is 25.7 Å². The molecule has 2 heterocycles. The van der Waals surface area contributed by atoms with Crippen LogP contribution in [-0.2, 0) is 12.8 Å². The highest BCUT2D eigenvalue weighted by atomic mass is 32.2. The molecule has 0 amide bonds. The smallest absolute Gasteiger partial charge is 0.189 e. The van der Waals surface area contributed by atoms with Gasteiger partial charge in [-0.05, 0) is 12.8 Å². The maximum absolute atomic E-state index is 5.74. The molecule has 0 unspecified atom stereocenters. The van der Waals surface area contributed by atoms with Gasteiger partial charge in [-0.15, -0.1) is 0 Å². The van der Waals surface area contributed by atoms with E-state index in [1.165, 1.54) is 0 Å². The summed E-state index contributed by atoms with van der Waals surface area (Å²) in [5.74, 6) is 2.54. The van der Waals surface area contributed by atoms with Crippen molar-refractivity contribution in [3.05, 3.63) is 30.0 Å². The first-order chi connectivity index (χ1) is 8.78. The van der Waals surface area contributed by atoms with Crippen LogP contribution in [0.1, 0.15) is 24.9 Å². The number of nitrogen functional groups attached to an aromatic ring is 1. The van der Waals surface area contributed by atoms with E-state index in [1.807, 2.05) is 12.3 Å². The number of aromatic amines is 1. The Morgan fingerprint density at radius 2 is 2.28 bits per heavy atom. The average molecular weight is 263 g/mol. The van der Waals surface area contributed by atoms with Crippen LogP contribution in [0, 0.1) is 0 Å². The van der Waals surface area contributed by atoms with Crippen LogP contribution in [0.2, 0.25) is 0 Å². The first-order valence-corrected chi connectivity index (χ1v) is 7.01. The Morgan fingerprint density at radius 1 is 1.39 bits per heavy atom. The normalized spacial score (nSPS) is 10.7. The summed E-state index contributed by atoms with van der Waals surface area (Å²) in [5, 5.41) is 0.770. The highest BCUT2D eigenvalue weighted by Crippen LogP contribution is 2.17. The van der Waals surface area contributed by atoms with Crippen molar-refractivity contribution in [1.82, 2.24) is 19.9 Å². The lowest BCUT2D eigenvalue weighted by Gasteiger charge is -2.03. The predicted molar refractivity (Wildman–Crippen MR) is 73.5 cm³/mol. The lowest BCUT2D eigenvalue weighted by atomic mass is 10.3. The van der Waals surface area contributed by atoms with Crippen molar-refractivity contribution in [3.8, 4) is 0 Å². The number of nitrogens with one attached hydrogen (secondary N) is 1. The maximum Gasteiger partial charge on any atom is 0.189 e. The predicted octanol–water partition coefficient (Wildman–Crippen LogP) is 2.07. The fraction of sp³-hybridized carbons (Fsp3) is 0.417. The largest absolute Gasteiger partial charge is 0.384 e. The second-order valence-electron chi connectivity index (χ2n) is 3.91. The van der Waals surface area contributed by atoms with Crippen molar-refractivity contribution >= 4 is 17.6 Å². The van der Waals surface area contributed by atoms with E-state index in [1.54, 1.807) is 18.0 Å². The Balaban J connectivity index is 1.81. The Bertz CT molecular complexity index is 483. The van der Waals surface area contributed by atoms with Gasteiger partial charge in [0.1, 0.15) is 11.6 Å². The van der Waals surface area contributed by atoms with Crippen LogP contribution in [0.3, 0.4) is 0 Å². The van der Waals surface area contributed by atoms with Crippen molar-refractivity contribution in [2.24, 2.45) is 0 Å². The number of imidazole rings is 1. The summed E-state index contributed by atoms with van der Waals surface area (Å²) in [6, 6.07) is 1.83. The number of aryl methyl sites for hydroxylation is 2. The molecular formula is C12H17N5S. The first-order valence-electron chi connectivity index (χ1n) is 6.02. The Labute approximate surface area is 111 Å². The van der Waals surface area contributed by atoms with Gasteiger partial charge in [0.15, 0.2) is 5.16 Å². The molecule has 0 aromatic carbocycles. The summed E-state index contributed by atoms with van der Waals surface area (Å²) < 4.78 is 0. The monoisotopic (exact) mass is 263 g/mol. The second-order valence-corrected chi connectivity index (χ2v) is 4.97. The quantitative estimate of drug-likeness (QED) is 0.474. The zero-order valence-electron chi connectivity index (χ0n) is 10.4. The topological polar surface area (TPSA) is 80.5 Å². The summed E-state index contributed by atoms with van der Waals surface area (Å²) in [6.07, 6.45) is 6.49. The third kappa shape index (κ3) is 3.73. The molecule has 0 aliphatic heterocycles. The summed E-state index contributed by atoms with van der Waals surface area (Å²) in [5.41, 5.74) is 6.73. The molecule has 2 aromatic heterocycles. The van der Waals surface area contributed by atoms with Crippen LogP contribution >= 0.6 is 11.8 Å². The van der Waals surface area contributed by atoms with E-state index in [0.717, 1.165) is 41.7 Å². The summed E-state index contributed by atoms with van der Waals surface area (Å²) in [4.78, 5) is 15.9. The van der Waals surface area contributed by atoms with Crippen molar-refractivity contribution in [2.75, 3.05) is 11.5 Å². The van der Waals surface area contributed by atoms with Crippen LogP contribution in [0.5, 0.6) is 0 Å². The van der Waals surface area contributed by atoms with Gasteiger partial charge in [0, 0.05) is 36.3 Å². The Kier molecular flexibility index (Phi) is 4.58. The minimum absolute atomic E-state index is 0.551. The molecule has 3 N–H and O–H groups in total. The van der Waals surface area contributed by atoms with Crippen LogP contribution in [0.4, 0.5) is 5.82 Å². The number of anilines is 1. The molecule has 5 nitrogen and oxygen atoms in total. The van der Waals surface area contributed by atoms with E-state index in [4.69, 9.17) is 5.73 Å². The molecule has 0 bridgehead atoms. The molecule has 2 rings (SSSR count). The Morgan fingerprint density at radius 3 is 3.00 bits per heavy atom. The number of hydrogen-bond donors (Lipinski definition) is 2. The molecule has 0 saturated carbocycles. The van der Waals surface area contributed by atoms with E-state index < -0.39 is 0 Å². The third-order valence-electron chi connectivity index (χ3n) is 2.48. The number of aromatic nitrogens is 4. The number of rotatable bonds is 6. The minimum atomic E-state index is 0.551. The van der Waals surface area contributed by atoms with Gasteiger partial charge in [-0.25, -0.2) is 15.0 Å². The third-order valence-corrected chi connectivity index (χ3v) is 3.42. The molecule has 6 heteroatoms. The van der Waals surface area contributed by atoms with Gasteiger partial charge < -0.3 is 10.7 Å². The van der Waals surface area contributed by atoms with Crippen molar-refractivity contribution in [2.45, 2.75) is 31.3 Å². The standard InChI is InChI=1S/C12H17N5S/c1-2-9-8-10(13)17-12(16-9)18-7-3-4-11-14-5-6-15-11/h5-6,8H,2-4,7H2,1H3,(H,14,15)(H2,13,16,17). The van der Waals surface area contributed by atoms with E-state index in [0.29, 0.717) is 5.82 Å². The fourth-order valence-corrected chi connectivity index (χ4v) is 2.40. The van der Waals surface area contributed by atoms with E-state index in [2.05, 4.69) is 26.9 Å². The molecule has 0 radical (unpaired) electrons. The van der Waals surface area contributed by atoms with Crippen LogP contribution < -0.4 is 5.73 Å². The highest BCUT2D eigenvalue weighted by Gasteiger charge is 2.03. The van der Waals surface area contributed by atoms with Gasteiger partial charge in [0.25, 0.3) is 0 Å². The molecule has 0 saturated heterocycles. The summed E-state index contributed by atoms with van der Waals surface area (Å²) in [6.45, 7) is 2.06. The maximum atomic E-state index is 5.74. The summed E-state index contributed by atoms with van der Waals surface area (Å²) >= 11 is 1.64. The fourth-order valence-electron chi connectivity index (χ4n) is 1.58. The molecule has 0 fully saturated rings. The van der Waals surface area contributed by atoms with Crippen LogP contribution in [0.15, 0.2) is 23.6 Å². The van der Waals surface area contributed by atoms with Crippen molar-refractivity contribution in [3.63, 3.8) is 0 Å². The van der Waals surface area contributed by atoms with Gasteiger partial charge in [0.2, 0.25) is 0 Å². The molecule has 96 valence electrons. The van der Waals surface area contributed by atoms with Crippen LogP contribution in [0.25, 0.3) is 0 Å². The number of nitrogens with zero attached hydrogens (tertiary/aromatic N) is 3.